The fourth-order valence-electron chi connectivity index (χ4n) is 12.7. The van der Waals surface area contributed by atoms with Crippen LogP contribution in [0.15, 0.2) is 217 Å². The number of fused-ring (bicyclic) bond motifs is 22. The zero-order chi connectivity index (χ0) is 44.2. The fraction of sp³-hybridized carbons (Fsp3) is 0.0625. The summed E-state index contributed by atoms with van der Waals surface area (Å²) in [7, 11) is 0. The van der Waals surface area contributed by atoms with E-state index in [1.165, 1.54) is 98.1 Å². The highest BCUT2D eigenvalue weighted by molar-refractivity contribution is 7.26. The zero-order valence-corrected chi connectivity index (χ0v) is 37.8. The molecule has 15 rings (SSSR count). The Morgan fingerprint density at radius 1 is 0.358 bits per heavy atom. The van der Waals surface area contributed by atoms with Crippen LogP contribution in [0.1, 0.15) is 47.2 Å². The molecule has 0 bridgehead atoms. The average Bonchev–Trinajstić information content (AvgIpc) is 4.07. The molecule has 0 saturated carbocycles. The number of hydrogen-bond donors (Lipinski definition) is 0. The van der Waals surface area contributed by atoms with Crippen LogP contribution < -0.4 is 4.90 Å². The lowest BCUT2D eigenvalue weighted by atomic mass is 9.65. The Kier molecular flexibility index (Phi) is 7.41. The number of rotatable bonds is 3. The third-order valence-electron chi connectivity index (χ3n) is 15.5. The molecule has 0 fully saturated rings. The standard InChI is InChI=1S/C64H41NOS/c1-63(2)51-22-10-5-18-44(51)46-31-28-38(35-55(46)63)65(40-29-32-48-47-19-8-13-25-57(47)66-58(48)37-40)39-27-30-45-42-16-4-3-15-41(42)43-17-6-11-23-52(43)64(56(45)36-39)53-24-12-7-20-49(53)61-54(64)33-34-60-62(61)50-21-9-14-26-59(50)67-60/h3-37H,1-2H3. The molecule has 1 atom stereocenters. The molecule has 0 saturated heterocycles. The molecule has 10 aromatic carbocycles. The lowest BCUT2D eigenvalue weighted by Crippen LogP contribution is -2.29. The van der Waals surface area contributed by atoms with Crippen molar-refractivity contribution < 1.29 is 4.42 Å². The van der Waals surface area contributed by atoms with Gasteiger partial charge in [0.25, 0.3) is 0 Å². The summed E-state index contributed by atoms with van der Waals surface area (Å²) in [5.74, 6) is 0. The number of benzene rings is 10. The maximum absolute atomic E-state index is 6.64. The molecule has 2 aromatic heterocycles. The van der Waals surface area contributed by atoms with Crippen molar-refractivity contribution in [3.05, 3.63) is 246 Å². The molecule has 1 unspecified atom stereocenters. The first-order valence-corrected chi connectivity index (χ1v) is 24.1. The molecule has 2 nitrogen and oxygen atoms in total. The Morgan fingerprint density at radius 3 is 1.64 bits per heavy atom. The van der Waals surface area contributed by atoms with Gasteiger partial charge in [-0.3, -0.25) is 0 Å². The molecule has 0 amide bonds. The van der Waals surface area contributed by atoms with Gasteiger partial charge in [0.1, 0.15) is 11.2 Å². The first kappa shape index (κ1) is 37.3. The van der Waals surface area contributed by atoms with Crippen LogP contribution in [0, 0.1) is 0 Å². The van der Waals surface area contributed by atoms with E-state index in [2.05, 4.69) is 231 Å². The van der Waals surface area contributed by atoms with Crippen molar-refractivity contribution in [2.75, 3.05) is 4.90 Å². The number of hydrogen-bond acceptors (Lipinski definition) is 3. The highest BCUT2D eigenvalue weighted by Crippen LogP contribution is 2.64. The number of furan rings is 1. The predicted octanol–water partition coefficient (Wildman–Crippen LogP) is 17.7. The Hall–Kier alpha value is -7.98. The monoisotopic (exact) mass is 871 g/mol. The molecule has 314 valence electrons. The van der Waals surface area contributed by atoms with Gasteiger partial charge in [0, 0.05) is 59.5 Å². The third-order valence-corrected chi connectivity index (χ3v) is 16.6. The Balaban J connectivity index is 1.06. The van der Waals surface area contributed by atoms with Crippen LogP contribution in [0.25, 0.3) is 86.6 Å². The van der Waals surface area contributed by atoms with Crippen molar-refractivity contribution in [2.24, 2.45) is 0 Å². The SMILES string of the molecule is CC1(C)c2ccccc2-c2ccc(N(c3ccc4c(c3)C3(c5ccccc5-c5ccccc5-4)c4ccccc4-c4c3ccc3sc5ccccc5c43)c3ccc4c(c3)oc3ccccc34)cc21. The van der Waals surface area contributed by atoms with Crippen molar-refractivity contribution in [1.82, 2.24) is 0 Å². The van der Waals surface area contributed by atoms with Crippen molar-refractivity contribution in [3.63, 3.8) is 0 Å². The van der Waals surface area contributed by atoms with E-state index in [-0.39, 0.29) is 5.41 Å². The molecule has 0 N–H and O–H groups in total. The molecule has 1 spiro atoms. The first-order chi connectivity index (χ1) is 33.0. The smallest absolute Gasteiger partial charge is 0.137 e. The molecular weight excluding hydrogens is 831 g/mol. The van der Waals surface area contributed by atoms with E-state index < -0.39 is 5.41 Å². The van der Waals surface area contributed by atoms with Crippen molar-refractivity contribution >= 4 is 70.5 Å². The summed E-state index contributed by atoms with van der Waals surface area (Å²) in [4.78, 5) is 2.47. The largest absolute Gasteiger partial charge is 0.456 e. The maximum Gasteiger partial charge on any atom is 0.137 e. The molecule has 12 aromatic rings. The number of nitrogens with zero attached hydrogens (tertiary/aromatic N) is 1. The number of thiophene rings is 1. The first-order valence-electron chi connectivity index (χ1n) is 23.3. The molecule has 3 aliphatic rings. The van der Waals surface area contributed by atoms with Gasteiger partial charge in [0.05, 0.1) is 5.41 Å². The molecule has 3 aliphatic carbocycles. The van der Waals surface area contributed by atoms with E-state index >= 15 is 0 Å². The Bertz CT molecular complexity index is 4110. The topological polar surface area (TPSA) is 16.4 Å². The van der Waals surface area contributed by atoms with E-state index in [0.29, 0.717) is 0 Å². The highest BCUT2D eigenvalue weighted by atomic mass is 32.1. The van der Waals surface area contributed by atoms with E-state index in [1.807, 2.05) is 11.3 Å². The lowest BCUT2D eigenvalue weighted by Gasteiger charge is -2.36. The van der Waals surface area contributed by atoms with Gasteiger partial charge in [-0.15, -0.1) is 11.3 Å². The minimum Gasteiger partial charge on any atom is -0.456 e. The zero-order valence-electron chi connectivity index (χ0n) is 37.0. The third kappa shape index (κ3) is 4.84. The normalized spacial score (nSPS) is 15.8. The van der Waals surface area contributed by atoms with Crippen LogP contribution in [0.4, 0.5) is 17.1 Å². The van der Waals surface area contributed by atoms with Gasteiger partial charge in [0.15, 0.2) is 0 Å². The minimum absolute atomic E-state index is 0.171. The van der Waals surface area contributed by atoms with Crippen molar-refractivity contribution in [3.8, 4) is 44.5 Å². The second kappa shape index (κ2) is 13.3. The van der Waals surface area contributed by atoms with Gasteiger partial charge >= 0.3 is 0 Å². The summed E-state index contributed by atoms with van der Waals surface area (Å²) in [6.45, 7) is 4.74. The van der Waals surface area contributed by atoms with Crippen molar-refractivity contribution in [1.29, 1.82) is 0 Å². The highest BCUT2D eigenvalue weighted by Gasteiger charge is 2.50. The number of anilines is 3. The second-order valence-corrected chi connectivity index (χ2v) is 20.2. The van der Waals surface area contributed by atoms with E-state index in [9.17, 15) is 0 Å². The molecule has 67 heavy (non-hydrogen) atoms. The van der Waals surface area contributed by atoms with Gasteiger partial charge < -0.3 is 9.32 Å². The van der Waals surface area contributed by atoms with Crippen LogP contribution >= 0.6 is 11.3 Å². The molecule has 2 heterocycles. The van der Waals surface area contributed by atoms with Crippen LogP contribution in [-0.2, 0) is 10.8 Å². The van der Waals surface area contributed by atoms with E-state index in [4.69, 9.17) is 4.42 Å². The quantitative estimate of drug-likeness (QED) is 0.176. The lowest BCUT2D eigenvalue weighted by molar-refractivity contribution is 0.660. The van der Waals surface area contributed by atoms with Crippen molar-refractivity contribution in [2.45, 2.75) is 24.7 Å². The van der Waals surface area contributed by atoms with Gasteiger partial charge in [0.2, 0.25) is 0 Å². The van der Waals surface area contributed by atoms with Gasteiger partial charge in [-0.1, -0.05) is 166 Å². The predicted molar refractivity (Wildman–Crippen MR) is 281 cm³/mol. The molecule has 0 aliphatic heterocycles. The Morgan fingerprint density at radius 2 is 0.881 bits per heavy atom. The van der Waals surface area contributed by atoms with Crippen LogP contribution in [0.5, 0.6) is 0 Å². The molecule has 3 heteroatoms. The van der Waals surface area contributed by atoms with Crippen LogP contribution in [-0.4, -0.2) is 0 Å². The summed E-state index contributed by atoms with van der Waals surface area (Å²) in [6, 6.07) is 79.8. The summed E-state index contributed by atoms with van der Waals surface area (Å²) in [5.41, 5.74) is 22.4. The fourth-order valence-corrected chi connectivity index (χ4v) is 13.8. The maximum atomic E-state index is 6.64. The Labute approximate surface area is 392 Å². The average molecular weight is 872 g/mol. The minimum atomic E-state index is -0.653. The van der Waals surface area contributed by atoms with E-state index in [1.54, 1.807) is 0 Å². The van der Waals surface area contributed by atoms with Gasteiger partial charge in [-0.25, -0.2) is 0 Å². The number of para-hydroxylation sites is 1. The summed E-state index contributed by atoms with van der Waals surface area (Å²) in [5, 5.41) is 4.91. The second-order valence-electron chi connectivity index (χ2n) is 19.1. The van der Waals surface area contributed by atoms with E-state index in [0.717, 1.165) is 39.0 Å². The van der Waals surface area contributed by atoms with Crippen LogP contribution in [0.2, 0.25) is 0 Å². The molecule has 0 radical (unpaired) electrons. The summed E-state index contributed by atoms with van der Waals surface area (Å²) in [6.07, 6.45) is 0. The molecular formula is C64H41NOS. The van der Waals surface area contributed by atoms with Gasteiger partial charge in [-0.2, -0.15) is 0 Å². The van der Waals surface area contributed by atoms with Gasteiger partial charge in [-0.05, 0) is 132 Å². The van der Waals surface area contributed by atoms with Crippen LogP contribution in [0.3, 0.4) is 0 Å². The summed E-state index contributed by atoms with van der Waals surface area (Å²) >= 11 is 1.90. The summed E-state index contributed by atoms with van der Waals surface area (Å²) < 4.78 is 9.27.